The third kappa shape index (κ3) is 2.83. The lowest BCUT2D eigenvalue weighted by Crippen LogP contribution is -2.01. The molecule has 0 bridgehead atoms. The smallest absolute Gasteiger partial charge is 0.105 e. The van der Waals surface area contributed by atoms with Gasteiger partial charge in [0.2, 0.25) is 0 Å². The minimum atomic E-state index is -0.627. The Hall–Kier alpha value is -0.960. The minimum absolute atomic E-state index is 0.627. The second-order valence-electron chi connectivity index (χ2n) is 3.70. The lowest BCUT2D eigenvalue weighted by atomic mass is 10.0. The van der Waals surface area contributed by atoms with Crippen LogP contribution in [0.5, 0.6) is 0 Å². The van der Waals surface area contributed by atoms with E-state index in [-0.39, 0.29) is 0 Å². The molecule has 2 rings (SSSR count). The van der Waals surface area contributed by atoms with E-state index in [1.165, 1.54) is 0 Å². The van der Waals surface area contributed by atoms with Crippen molar-refractivity contribution in [1.82, 2.24) is 0 Å². The molecular formula is C14H13ClOS. The van der Waals surface area contributed by atoms with Crippen molar-refractivity contribution in [1.29, 1.82) is 0 Å². The zero-order chi connectivity index (χ0) is 12.3. The second kappa shape index (κ2) is 5.58. The van der Waals surface area contributed by atoms with Gasteiger partial charge in [0.25, 0.3) is 0 Å². The summed E-state index contributed by atoms with van der Waals surface area (Å²) in [6, 6.07) is 15.2. The van der Waals surface area contributed by atoms with Gasteiger partial charge in [0.1, 0.15) is 6.10 Å². The summed E-state index contributed by atoms with van der Waals surface area (Å²) in [5, 5.41) is 11.0. The van der Waals surface area contributed by atoms with Gasteiger partial charge in [-0.3, -0.25) is 0 Å². The van der Waals surface area contributed by atoms with E-state index in [2.05, 4.69) is 0 Å². The van der Waals surface area contributed by atoms with Crippen LogP contribution in [0.3, 0.4) is 0 Å². The number of hydrogen-bond donors (Lipinski definition) is 1. The Morgan fingerprint density at radius 1 is 1.12 bits per heavy atom. The Bertz CT molecular complexity index is 499. The molecule has 0 aromatic heterocycles. The minimum Gasteiger partial charge on any atom is -0.384 e. The third-order valence-corrected chi connectivity index (χ3v) is 3.65. The molecule has 1 nitrogen and oxygen atoms in total. The molecule has 0 aliphatic heterocycles. The van der Waals surface area contributed by atoms with E-state index in [1.54, 1.807) is 11.8 Å². The van der Waals surface area contributed by atoms with Crippen molar-refractivity contribution in [3.8, 4) is 0 Å². The van der Waals surface area contributed by atoms with Crippen LogP contribution in [0.2, 0.25) is 5.02 Å². The summed E-state index contributed by atoms with van der Waals surface area (Å²) in [6.07, 6.45) is 1.36. The molecule has 0 spiro atoms. The molecule has 0 saturated heterocycles. The summed E-state index contributed by atoms with van der Waals surface area (Å²) in [6.45, 7) is 0. The number of thioether (sulfide) groups is 1. The van der Waals surface area contributed by atoms with Crippen molar-refractivity contribution in [2.45, 2.75) is 11.0 Å². The maximum atomic E-state index is 10.4. The summed E-state index contributed by atoms with van der Waals surface area (Å²) in [5.74, 6) is 0. The Kier molecular flexibility index (Phi) is 4.11. The van der Waals surface area contributed by atoms with Crippen molar-refractivity contribution < 1.29 is 5.11 Å². The summed E-state index contributed by atoms with van der Waals surface area (Å²) in [7, 11) is 0. The number of hydrogen-bond acceptors (Lipinski definition) is 2. The van der Waals surface area contributed by atoms with E-state index in [1.807, 2.05) is 54.8 Å². The average molecular weight is 265 g/mol. The SMILES string of the molecule is CSc1ccc(Cl)cc1C(O)c1ccccc1. The number of halogens is 1. The van der Waals surface area contributed by atoms with Gasteiger partial charge in [0, 0.05) is 9.92 Å². The average Bonchev–Trinajstić information content (AvgIpc) is 2.39. The van der Waals surface area contributed by atoms with Gasteiger partial charge in [-0.15, -0.1) is 11.8 Å². The predicted octanol–water partition coefficient (Wildman–Crippen LogP) is 4.14. The molecular weight excluding hydrogens is 252 g/mol. The molecule has 0 heterocycles. The van der Waals surface area contributed by atoms with Gasteiger partial charge < -0.3 is 5.11 Å². The van der Waals surface area contributed by atoms with Crippen LogP contribution in [-0.2, 0) is 0 Å². The van der Waals surface area contributed by atoms with Gasteiger partial charge in [0.05, 0.1) is 0 Å². The van der Waals surface area contributed by atoms with Crippen molar-refractivity contribution in [3.63, 3.8) is 0 Å². The van der Waals surface area contributed by atoms with Crippen LogP contribution in [0, 0.1) is 0 Å². The summed E-state index contributed by atoms with van der Waals surface area (Å²) in [5.41, 5.74) is 1.74. The molecule has 0 radical (unpaired) electrons. The summed E-state index contributed by atoms with van der Waals surface area (Å²) >= 11 is 7.59. The fourth-order valence-electron chi connectivity index (χ4n) is 1.73. The molecule has 2 aromatic carbocycles. The molecule has 2 aromatic rings. The number of aliphatic hydroxyl groups excluding tert-OH is 1. The van der Waals surface area contributed by atoms with Crippen LogP contribution in [0.1, 0.15) is 17.2 Å². The maximum Gasteiger partial charge on any atom is 0.105 e. The zero-order valence-electron chi connectivity index (χ0n) is 9.43. The van der Waals surface area contributed by atoms with Crippen molar-refractivity contribution in [2.24, 2.45) is 0 Å². The zero-order valence-corrected chi connectivity index (χ0v) is 11.0. The molecule has 1 unspecified atom stereocenters. The van der Waals surface area contributed by atoms with Crippen molar-refractivity contribution >= 4 is 23.4 Å². The highest BCUT2D eigenvalue weighted by molar-refractivity contribution is 7.98. The normalized spacial score (nSPS) is 12.4. The van der Waals surface area contributed by atoms with Gasteiger partial charge in [0.15, 0.2) is 0 Å². The molecule has 3 heteroatoms. The highest BCUT2D eigenvalue weighted by Crippen LogP contribution is 2.32. The van der Waals surface area contributed by atoms with Crippen LogP contribution >= 0.6 is 23.4 Å². The van der Waals surface area contributed by atoms with E-state index in [9.17, 15) is 5.11 Å². The first-order valence-electron chi connectivity index (χ1n) is 5.29. The molecule has 1 N–H and O–H groups in total. The van der Waals surface area contributed by atoms with Gasteiger partial charge in [-0.1, -0.05) is 41.9 Å². The Morgan fingerprint density at radius 3 is 2.47 bits per heavy atom. The molecule has 88 valence electrons. The summed E-state index contributed by atoms with van der Waals surface area (Å²) < 4.78 is 0. The lowest BCUT2D eigenvalue weighted by molar-refractivity contribution is 0.217. The van der Waals surface area contributed by atoms with E-state index in [0.29, 0.717) is 5.02 Å². The quantitative estimate of drug-likeness (QED) is 0.841. The van der Waals surface area contributed by atoms with Crippen molar-refractivity contribution in [2.75, 3.05) is 6.26 Å². The number of rotatable bonds is 3. The second-order valence-corrected chi connectivity index (χ2v) is 4.98. The lowest BCUT2D eigenvalue weighted by Gasteiger charge is -2.15. The van der Waals surface area contributed by atoms with Gasteiger partial charge >= 0.3 is 0 Å². The fourth-order valence-corrected chi connectivity index (χ4v) is 2.52. The molecule has 0 saturated carbocycles. The highest BCUT2D eigenvalue weighted by Gasteiger charge is 2.14. The van der Waals surface area contributed by atoms with Crippen LogP contribution < -0.4 is 0 Å². The molecule has 0 fully saturated rings. The molecule has 1 atom stereocenters. The molecule has 0 aliphatic rings. The molecule has 17 heavy (non-hydrogen) atoms. The first-order valence-corrected chi connectivity index (χ1v) is 6.89. The van der Waals surface area contributed by atoms with Crippen LogP contribution in [0.4, 0.5) is 0 Å². The molecule has 0 amide bonds. The van der Waals surface area contributed by atoms with Crippen LogP contribution in [-0.4, -0.2) is 11.4 Å². The largest absolute Gasteiger partial charge is 0.384 e. The van der Waals surface area contributed by atoms with E-state index in [0.717, 1.165) is 16.0 Å². The Morgan fingerprint density at radius 2 is 1.82 bits per heavy atom. The Balaban J connectivity index is 2.43. The van der Waals surface area contributed by atoms with E-state index < -0.39 is 6.10 Å². The van der Waals surface area contributed by atoms with Crippen molar-refractivity contribution in [3.05, 3.63) is 64.7 Å². The monoisotopic (exact) mass is 264 g/mol. The van der Waals surface area contributed by atoms with Gasteiger partial charge in [-0.2, -0.15) is 0 Å². The first-order chi connectivity index (χ1) is 8.22. The molecule has 0 aliphatic carbocycles. The topological polar surface area (TPSA) is 20.2 Å². The van der Waals surface area contributed by atoms with Crippen LogP contribution in [0.25, 0.3) is 0 Å². The van der Waals surface area contributed by atoms with Gasteiger partial charge in [-0.05, 0) is 35.6 Å². The van der Waals surface area contributed by atoms with Crippen LogP contribution in [0.15, 0.2) is 53.4 Å². The predicted molar refractivity (Wildman–Crippen MR) is 73.7 cm³/mol. The maximum absolute atomic E-state index is 10.4. The van der Waals surface area contributed by atoms with E-state index in [4.69, 9.17) is 11.6 Å². The fraction of sp³-hybridized carbons (Fsp3) is 0.143. The third-order valence-electron chi connectivity index (χ3n) is 2.60. The standard InChI is InChI=1S/C14H13ClOS/c1-17-13-8-7-11(15)9-12(13)14(16)10-5-3-2-4-6-10/h2-9,14,16H,1H3. The van der Waals surface area contributed by atoms with Gasteiger partial charge in [-0.25, -0.2) is 0 Å². The number of benzene rings is 2. The first kappa shape index (κ1) is 12.5. The van der Waals surface area contributed by atoms with E-state index >= 15 is 0 Å². The Labute approximate surface area is 110 Å². The number of aliphatic hydroxyl groups is 1. The highest BCUT2D eigenvalue weighted by atomic mass is 35.5. The summed E-state index contributed by atoms with van der Waals surface area (Å²) in [4.78, 5) is 1.05.